The van der Waals surface area contributed by atoms with Crippen LogP contribution in [0.25, 0.3) is 0 Å². The van der Waals surface area contributed by atoms with E-state index in [1.807, 2.05) is 50.2 Å². The second-order valence-electron chi connectivity index (χ2n) is 6.64. The van der Waals surface area contributed by atoms with Gasteiger partial charge in [-0.15, -0.1) is 0 Å². The number of carbonyl (C=O) groups is 1. The Morgan fingerprint density at radius 1 is 1.00 bits per heavy atom. The van der Waals surface area contributed by atoms with Crippen molar-refractivity contribution in [3.63, 3.8) is 0 Å². The second-order valence-corrected chi connectivity index (χ2v) is 8.29. The lowest BCUT2D eigenvalue weighted by molar-refractivity contribution is -0.122. The minimum Gasteiger partial charge on any atom is -0.351 e. The van der Waals surface area contributed by atoms with E-state index in [4.69, 9.17) is 0 Å². The minimum atomic E-state index is -3.80. The Balaban J connectivity index is 2.15. The molecular weight excluding hydrogens is 348 g/mol. The fraction of sp³-hybridized carbons (Fsp3) is 0.350. The van der Waals surface area contributed by atoms with Crippen LogP contribution >= 0.6 is 0 Å². The molecule has 6 heteroatoms. The maximum Gasteiger partial charge on any atom is 0.241 e. The first-order chi connectivity index (χ1) is 12.1. The molecule has 0 fully saturated rings. The zero-order valence-electron chi connectivity index (χ0n) is 15.9. The molecule has 0 unspecified atom stereocenters. The molecule has 2 rings (SSSR count). The van der Waals surface area contributed by atoms with Crippen LogP contribution in [-0.2, 0) is 21.4 Å². The van der Waals surface area contributed by atoms with Crippen molar-refractivity contribution >= 4 is 15.9 Å². The molecule has 26 heavy (non-hydrogen) atoms. The molecule has 0 aliphatic carbocycles. The molecule has 0 saturated heterocycles. The maximum atomic E-state index is 12.9. The van der Waals surface area contributed by atoms with Crippen molar-refractivity contribution in [2.45, 2.75) is 52.1 Å². The summed E-state index contributed by atoms with van der Waals surface area (Å²) in [6.45, 7) is 9.25. The number of hydrogen-bond donors (Lipinski definition) is 2. The van der Waals surface area contributed by atoms with Crippen molar-refractivity contribution in [1.29, 1.82) is 0 Å². The lowest BCUT2D eigenvalue weighted by Crippen LogP contribution is -2.44. The van der Waals surface area contributed by atoms with Gasteiger partial charge in [0.15, 0.2) is 0 Å². The molecule has 0 aliphatic heterocycles. The zero-order valence-corrected chi connectivity index (χ0v) is 16.7. The largest absolute Gasteiger partial charge is 0.351 e. The molecule has 0 aliphatic rings. The molecule has 0 heterocycles. The quantitative estimate of drug-likeness (QED) is 0.816. The normalized spacial score (nSPS) is 12.7. The van der Waals surface area contributed by atoms with Gasteiger partial charge in [0.2, 0.25) is 15.9 Å². The van der Waals surface area contributed by atoms with Crippen LogP contribution in [0.4, 0.5) is 0 Å². The Morgan fingerprint density at radius 2 is 1.54 bits per heavy atom. The molecule has 2 aromatic rings. The van der Waals surface area contributed by atoms with Crippen LogP contribution in [0, 0.1) is 27.7 Å². The van der Waals surface area contributed by atoms with E-state index in [9.17, 15) is 13.2 Å². The van der Waals surface area contributed by atoms with Gasteiger partial charge in [-0.3, -0.25) is 4.79 Å². The Morgan fingerprint density at radius 3 is 2.08 bits per heavy atom. The highest BCUT2D eigenvalue weighted by Gasteiger charge is 2.26. The second kappa shape index (κ2) is 8.01. The topological polar surface area (TPSA) is 75.3 Å². The van der Waals surface area contributed by atoms with E-state index >= 15 is 0 Å². The van der Waals surface area contributed by atoms with Crippen molar-refractivity contribution in [1.82, 2.24) is 10.0 Å². The predicted molar refractivity (Wildman–Crippen MR) is 103 cm³/mol. The predicted octanol–water partition coefficient (Wildman–Crippen LogP) is 2.90. The summed E-state index contributed by atoms with van der Waals surface area (Å²) in [5, 5.41) is 2.76. The van der Waals surface area contributed by atoms with Crippen molar-refractivity contribution in [3.8, 4) is 0 Å². The van der Waals surface area contributed by atoms with Crippen LogP contribution in [0.15, 0.2) is 41.3 Å². The summed E-state index contributed by atoms with van der Waals surface area (Å²) in [5.74, 6) is -0.364. The molecule has 5 nitrogen and oxygen atoms in total. The van der Waals surface area contributed by atoms with Crippen molar-refractivity contribution < 1.29 is 13.2 Å². The summed E-state index contributed by atoms with van der Waals surface area (Å²) in [6.07, 6.45) is 0. The van der Waals surface area contributed by atoms with Crippen molar-refractivity contribution in [2.75, 3.05) is 0 Å². The summed E-state index contributed by atoms with van der Waals surface area (Å²) in [4.78, 5) is 12.6. The number of carbonyl (C=O) groups excluding carboxylic acids is 1. The fourth-order valence-corrected chi connectivity index (χ4v) is 4.69. The number of aryl methyl sites for hydroxylation is 2. The standard InChI is InChI=1S/C20H26N2O3S/c1-13-11-14(2)16(4)19(15(13)3)26(24,25)22-17(5)20(23)21-12-18-9-7-6-8-10-18/h6-11,17,22H,12H2,1-5H3,(H,21,23)/t17-/m0/s1. The van der Waals surface area contributed by atoms with Gasteiger partial charge in [0.05, 0.1) is 10.9 Å². The van der Waals surface area contributed by atoms with Gasteiger partial charge in [0, 0.05) is 6.54 Å². The van der Waals surface area contributed by atoms with E-state index in [1.165, 1.54) is 0 Å². The van der Waals surface area contributed by atoms with Crippen LogP contribution in [-0.4, -0.2) is 20.4 Å². The summed E-state index contributed by atoms with van der Waals surface area (Å²) < 4.78 is 28.3. The van der Waals surface area contributed by atoms with E-state index in [1.54, 1.807) is 20.8 Å². The van der Waals surface area contributed by atoms with E-state index < -0.39 is 16.1 Å². The van der Waals surface area contributed by atoms with Crippen LogP contribution in [0.3, 0.4) is 0 Å². The third kappa shape index (κ3) is 4.51. The molecule has 0 saturated carbocycles. The van der Waals surface area contributed by atoms with Crippen molar-refractivity contribution in [2.24, 2.45) is 0 Å². The molecule has 2 N–H and O–H groups in total. The van der Waals surface area contributed by atoms with Gasteiger partial charge in [0.1, 0.15) is 0 Å². The highest BCUT2D eigenvalue weighted by molar-refractivity contribution is 7.89. The highest BCUT2D eigenvalue weighted by atomic mass is 32.2. The number of benzene rings is 2. The Bertz CT molecular complexity index is 880. The first-order valence-corrected chi connectivity index (χ1v) is 10.0. The van der Waals surface area contributed by atoms with Gasteiger partial charge < -0.3 is 5.32 Å². The molecule has 0 radical (unpaired) electrons. The number of nitrogens with one attached hydrogen (secondary N) is 2. The number of rotatable bonds is 6. The van der Waals surface area contributed by atoms with Gasteiger partial charge in [-0.1, -0.05) is 36.4 Å². The summed E-state index contributed by atoms with van der Waals surface area (Å²) >= 11 is 0. The zero-order chi connectivity index (χ0) is 19.5. The Hall–Kier alpha value is -2.18. The maximum absolute atomic E-state index is 12.9. The van der Waals surface area contributed by atoms with Gasteiger partial charge in [-0.2, -0.15) is 4.72 Å². The first-order valence-electron chi connectivity index (χ1n) is 8.55. The van der Waals surface area contributed by atoms with Gasteiger partial charge in [0.25, 0.3) is 0 Å². The Kier molecular flexibility index (Phi) is 6.21. The van der Waals surface area contributed by atoms with E-state index in [2.05, 4.69) is 10.0 Å². The fourth-order valence-electron chi connectivity index (χ4n) is 2.87. The van der Waals surface area contributed by atoms with Gasteiger partial charge in [-0.25, -0.2) is 8.42 Å². The minimum absolute atomic E-state index is 0.262. The Labute approximate surface area is 155 Å². The molecular formula is C20H26N2O3S. The van der Waals surface area contributed by atoms with Crippen molar-refractivity contribution in [3.05, 3.63) is 64.2 Å². The van der Waals surface area contributed by atoms with Gasteiger partial charge >= 0.3 is 0 Å². The highest BCUT2D eigenvalue weighted by Crippen LogP contribution is 2.26. The summed E-state index contributed by atoms with van der Waals surface area (Å²) in [7, 11) is -3.80. The molecule has 140 valence electrons. The SMILES string of the molecule is Cc1cc(C)c(C)c(S(=O)(=O)N[C@@H](C)C(=O)NCc2ccccc2)c1C. The smallest absolute Gasteiger partial charge is 0.241 e. The van der Waals surface area contributed by atoms with Crippen LogP contribution < -0.4 is 10.0 Å². The third-order valence-corrected chi connectivity index (χ3v) is 6.41. The van der Waals surface area contributed by atoms with Crippen LogP contribution in [0.5, 0.6) is 0 Å². The summed E-state index contributed by atoms with van der Waals surface area (Å²) in [5.41, 5.74) is 4.19. The van der Waals surface area contributed by atoms with Crippen LogP contribution in [0.2, 0.25) is 0 Å². The molecule has 0 spiro atoms. The van der Waals surface area contributed by atoms with E-state index in [0.717, 1.165) is 16.7 Å². The average Bonchev–Trinajstić information content (AvgIpc) is 2.58. The monoisotopic (exact) mass is 374 g/mol. The van der Waals surface area contributed by atoms with Crippen LogP contribution in [0.1, 0.15) is 34.7 Å². The third-order valence-electron chi connectivity index (χ3n) is 4.60. The lowest BCUT2D eigenvalue weighted by Gasteiger charge is -2.19. The van der Waals surface area contributed by atoms with E-state index in [-0.39, 0.29) is 10.8 Å². The molecule has 0 aromatic heterocycles. The number of sulfonamides is 1. The van der Waals surface area contributed by atoms with E-state index in [0.29, 0.717) is 17.7 Å². The number of amides is 1. The molecule has 0 bridgehead atoms. The molecule has 1 atom stereocenters. The number of hydrogen-bond acceptors (Lipinski definition) is 3. The molecule has 2 aromatic carbocycles. The van der Waals surface area contributed by atoms with Gasteiger partial charge in [-0.05, 0) is 62.4 Å². The first kappa shape index (κ1) is 20.1. The average molecular weight is 375 g/mol. The lowest BCUT2D eigenvalue weighted by atomic mass is 10.0. The summed E-state index contributed by atoms with van der Waals surface area (Å²) in [6, 6.07) is 10.6. The molecule has 1 amide bonds.